The third-order valence-electron chi connectivity index (χ3n) is 3.64. The molecular formula is C15H15N5O2. The van der Waals surface area contributed by atoms with Gasteiger partial charge in [-0.2, -0.15) is 10.4 Å². The predicted octanol–water partition coefficient (Wildman–Crippen LogP) is 1.00. The van der Waals surface area contributed by atoms with Crippen molar-refractivity contribution < 1.29 is 9.53 Å². The number of rotatable bonds is 4. The molecule has 3 rings (SSSR count). The molecule has 1 atom stereocenters. The van der Waals surface area contributed by atoms with E-state index in [4.69, 9.17) is 10.00 Å². The van der Waals surface area contributed by atoms with Crippen LogP contribution in [0.2, 0.25) is 0 Å². The molecule has 7 nitrogen and oxygen atoms in total. The Labute approximate surface area is 127 Å². The van der Waals surface area contributed by atoms with E-state index < -0.39 is 0 Å². The maximum atomic E-state index is 12.3. The van der Waals surface area contributed by atoms with Gasteiger partial charge in [0.15, 0.2) is 0 Å². The van der Waals surface area contributed by atoms with Crippen LogP contribution in [-0.2, 0) is 4.79 Å². The maximum absolute atomic E-state index is 12.3. The summed E-state index contributed by atoms with van der Waals surface area (Å²) < 4.78 is 7.30. The number of hydrogen-bond acceptors (Lipinski definition) is 5. The van der Waals surface area contributed by atoms with Crippen LogP contribution in [0.1, 0.15) is 18.5 Å². The van der Waals surface area contributed by atoms with Gasteiger partial charge in [0.05, 0.1) is 24.7 Å². The van der Waals surface area contributed by atoms with E-state index >= 15 is 0 Å². The second kappa shape index (κ2) is 5.85. The van der Waals surface area contributed by atoms with Crippen molar-refractivity contribution in [1.82, 2.24) is 19.7 Å². The van der Waals surface area contributed by atoms with Crippen molar-refractivity contribution in [2.45, 2.75) is 19.1 Å². The molecule has 1 amide bonds. The van der Waals surface area contributed by atoms with Gasteiger partial charge in [-0.15, -0.1) is 0 Å². The Morgan fingerprint density at radius 1 is 1.41 bits per heavy atom. The highest BCUT2D eigenvalue weighted by atomic mass is 16.5. The summed E-state index contributed by atoms with van der Waals surface area (Å²) >= 11 is 0. The molecule has 1 aromatic carbocycles. The normalized spacial score (nSPS) is 15.7. The van der Waals surface area contributed by atoms with E-state index in [1.54, 1.807) is 36.1 Å². The van der Waals surface area contributed by atoms with Crippen molar-refractivity contribution in [3.05, 3.63) is 42.5 Å². The first-order chi connectivity index (χ1) is 10.7. The van der Waals surface area contributed by atoms with E-state index in [0.717, 1.165) is 0 Å². The first-order valence-electron chi connectivity index (χ1n) is 6.97. The number of amides is 1. The lowest BCUT2D eigenvalue weighted by molar-refractivity contribution is -0.143. The van der Waals surface area contributed by atoms with Crippen LogP contribution in [0.4, 0.5) is 0 Å². The molecule has 1 fully saturated rings. The van der Waals surface area contributed by atoms with Gasteiger partial charge in [0.25, 0.3) is 0 Å². The zero-order chi connectivity index (χ0) is 15.5. The van der Waals surface area contributed by atoms with Gasteiger partial charge in [0.1, 0.15) is 30.5 Å². The number of nitrogens with zero attached hydrogens (tertiary/aromatic N) is 5. The largest absolute Gasteiger partial charge is 0.487 e. The van der Waals surface area contributed by atoms with Crippen molar-refractivity contribution in [2.24, 2.45) is 0 Å². The van der Waals surface area contributed by atoms with Gasteiger partial charge >= 0.3 is 0 Å². The summed E-state index contributed by atoms with van der Waals surface area (Å²) in [4.78, 5) is 17.8. The van der Waals surface area contributed by atoms with Gasteiger partial charge < -0.3 is 9.64 Å². The Kier molecular flexibility index (Phi) is 3.74. The lowest BCUT2D eigenvalue weighted by Crippen LogP contribution is -2.57. The highest BCUT2D eigenvalue weighted by Gasteiger charge is 2.35. The number of benzene rings is 1. The van der Waals surface area contributed by atoms with Crippen molar-refractivity contribution in [3.8, 4) is 11.8 Å². The van der Waals surface area contributed by atoms with Crippen LogP contribution in [-0.4, -0.2) is 44.8 Å². The average Bonchev–Trinajstić information content (AvgIpc) is 3.04. The summed E-state index contributed by atoms with van der Waals surface area (Å²) in [6, 6.07) is 8.65. The molecular weight excluding hydrogens is 282 g/mol. The minimum atomic E-state index is -0.363. The average molecular weight is 297 g/mol. The highest BCUT2D eigenvalue weighted by molar-refractivity contribution is 5.80. The fourth-order valence-electron chi connectivity index (χ4n) is 2.29. The van der Waals surface area contributed by atoms with E-state index in [9.17, 15) is 4.79 Å². The molecule has 22 heavy (non-hydrogen) atoms. The Balaban J connectivity index is 1.51. The third-order valence-corrected chi connectivity index (χ3v) is 3.64. The molecule has 0 bridgehead atoms. The Morgan fingerprint density at radius 2 is 2.14 bits per heavy atom. The second-order valence-electron chi connectivity index (χ2n) is 5.17. The van der Waals surface area contributed by atoms with Gasteiger partial charge in [-0.25, -0.2) is 9.67 Å². The fraction of sp³-hybridized carbons (Fsp3) is 0.333. The Morgan fingerprint density at radius 3 is 2.73 bits per heavy atom. The topological polar surface area (TPSA) is 84.0 Å². The molecule has 2 heterocycles. The number of carbonyl (C=O) groups excluding carboxylic acids is 1. The van der Waals surface area contributed by atoms with Gasteiger partial charge in [0.2, 0.25) is 5.91 Å². The molecule has 1 aromatic heterocycles. The summed E-state index contributed by atoms with van der Waals surface area (Å²) in [5.74, 6) is 0.714. The van der Waals surface area contributed by atoms with Crippen molar-refractivity contribution in [1.29, 1.82) is 5.26 Å². The minimum Gasteiger partial charge on any atom is -0.487 e. The number of nitriles is 1. The summed E-state index contributed by atoms with van der Waals surface area (Å²) in [6.07, 6.45) is 2.93. The monoisotopic (exact) mass is 297 g/mol. The maximum Gasteiger partial charge on any atom is 0.247 e. The van der Waals surface area contributed by atoms with E-state index in [2.05, 4.69) is 16.2 Å². The SMILES string of the molecule is CC(C(=O)N1CC(Oc2ccc(C#N)cc2)C1)n1cncn1. The lowest BCUT2D eigenvalue weighted by Gasteiger charge is -2.40. The predicted molar refractivity (Wildman–Crippen MR) is 76.9 cm³/mol. The molecule has 1 saturated heterocycles. The van der Waals surface area contributed by atoms with Crippen LogP contribution >= 0.6 is 0 Å². The second-order valence-corrected chi connectivity index (χ2v) is 5.17. The van der Waals surface area contributed by atoms with Crippen LogP contribution < -0.4 is 4.74 Å². The number of ether oxygens (including phenoxy) is 1. The minimum absolute atomic E-state index is 0.00479. The molecule has 7 heteroatoms. The highest BCUT2D eigenvalue weighted by Crippen LogP contribution is 2.21. The van der Waals surface area contributed by atoms with Crippen LogP contribution in [0.25, 0.3) is 0 Å². The summed E-state index contributed by atoms with van der Waals surface area (Å²) in [6.45, 7) is 2.90. The zero-order valence-electron chi connectivity index (χ0n) is 12.1. The van der Waals surface area contributed by atoms with E-state index in [1.807, 2.05) is 0 Å². The third kappa shape index (κ3) is 2.76. The summed E-state index contributed by atoms with van der Waals surface area (Å²) in [7, 11) is 0. The number of aromatic nitrogens is 3. The molecule has 0 spiro atoms. The number of hydrogen-bond donors (Lipinski definition) is 0. The Bertz CT molecular complexity index is 684. The van der Waals surface area contributed by atoms with Crippen molar-refractivity contribution >= 4 is 5.91 Å². The van der Waals surface area contributed by atoms with Crippen molar-refractivity contribution in [2.75, 3.05) is 13.1 Å². The van der Waals surface area contributed by atoms with E-state index in [-0.39, 0.29) is 18.1 Å². The van der Waals surface area contributed by atoms with Gasteiger partial charge in [-0.1, -0.05) is 0 Å². The first kappa shape index (κ1) is 14.1. The lowest BCUT2D eigenvalue weighted by atomic mass is 10.1. The molecule has 0 N–H and O–H groups in total. The molecule has 1 unspecified atom stereocenters. The Hall–Kier alpha value is -2.88. The van der Waals surface area contributed by atoms with Crippen LogP contribution in [0.5, 0.6) is 5.75 Å². The van der Waals surface area contributed by atoms with Crippen LogP contribution in [0.3, 0.4) is 0 Å². The van der Waals surface area contributed by atoms with Gasteiger partial charge in [-0.05, 0) is 31.2 Å². The fourth-order valence-corrected chi connectivity index (χ4v) is 2.29. The first-order valence-corrected chi connectivity index (χ1v) is 6.97. The quantitative estimate of drug-likeness (QED) is 0.840. The summed E-state index contributed by atoms with van der Waals surface area (Å²) in [5.41, 5.74) is 0.597. The standard InChI is InChI=1S/C15H15N5O2/c1-11(20-10-17-9-18-20)15(21)19-7-14(8-19)22-13-4-2-12(6-16)3-5-13/h2-5,9-11,14H,7-8H2,1H3. The van der Waals surface area contributed by atoms with Crippen LogP contribution in [0.15, 0.2) is 36.9 Å². The van der Waals surface area contributed by atoms with E-state index in [1.165, 1.54) is 17.3 Å². The van der Waals surface area contributed by atoms with Crippen molar-refractivity contribution in [3.63, 3.8) is 0 Å². The molecule has 0 saturated carbocycles. The summed E-state index contributed by atoms with van der Waals surface area (Å²) in [5, 5.41) is 12.7. The molecule has 1 aliphatic rings. The molecule has 1 aliphatic heterocycles. The zero-order valence-corrected chi connectivity index (χ0v) is 12.1. The van der Waals surface area contributed by atoms with Gasteiger partial charge in [0, 0.05) is 0 Å². The molecule has 112 valence electrons. The molecule has 0 aliphatic carbocycles. The smallest absolute Gasteiger partial charge is 0.247 e. The molecule has 2 aromatic rings. The number of carbonyl (C=O) groups is 1. The van der Waals surface area contributed by atoms with Crippen LogP contribution in [0, 0.1) is 11.3 Å². The number of likely N-dealkylation sites (tertiary alicyclic amines) is 1. The molecule has 0 radical (unpaired) electrons. The van der Waals surface area contributed by atoms with E-state index in [0.29, 0.717) is 24.4 Å². The van der Waals surface area contributed by atoms with Gasteiger partial charge in [-0.3, -0.25) is 4.79 Å².